The zero-order valence-corrected chi connectivity index (χ0v) is 67.1. The number of aromatic nitrogens is 8. The summed E-state index contributed by atoms with van der Waals surface area (Å²) in [6.45, 7) is 8.25. The zero-order valence-electron chi connectivity index (χ0n) is 67.1. The number of piperidine rings is 3. The van der Waals surface area contributed by atoms with Gasteiger partial charge >= 0.3 is 12.6 Å². The molecular formula is C90H89F5N18O8. The number of aliphatic imine (C=N–C) groups is 2. The average Bonchev–Trinajstić information content (AvgIpc) is 1.63. The van der Waals surface area contributed by atoms with Crippen LogP contribution >= 0.6 is 0 Å². The van der Waals surface area contributed by atoms with Gasteiger partial charge in [0.2, 0.25) is 5.91 Å². The number of ether oxygens (including phenoxy) is 5. The van der Waals surface area contributed by atoms with E-state index in [1.165, 1.54) is 28.8 Å². The summed E-state index contributed by atoms with van der Waals surface area (Å²) in [5.74, 6) is 1.59. The SMILES string of the molecule is CN(C)Cc1ccc(C2=Nc3c(ncnc3-c3ccc(OC4CCN(C(=O)C(F)F)CC4)c(C#N)c3)C2)cc1.Cc1nc(-c2ccc(OC3CCOCC3)c(C#N)c2)c2[nH]c(-c3ccc(N4CCOCC4)cc3)nc2n1.N#Cc1cc(-c2ncnc3c2N=C(c2ccc(C4CCN(CC(F)(F)F)CC4)cc2)C3)ccc1OC1CCN(C(=O)CO)CC1. The van der Waals surface area contributed by atoms with Crippen LogP contribution in [0.25, 0.3) is 56.3 Å². The van der Waals surface area contributed by atoms with Crippen LogP contribution in [0.3, 0.4) is 0 Å². The van der Waals surface area contributed by atoms with Crippen LogP contribution in [0.1, 0.15) is 113 Å². The maximum absolute atomic E-state index is 12.7. The number of imidazole rings is 1. The number of aromatic amines is 1. The van der Waals surface area contributed by atoms with Gasteiger partial charge in [-0.25, -0.2) is 44.9 Å². The lowest BCUT2D eigenvalue weighted by atomic mass is 9.88. The summed E-state index contributed by atoms with van der Waals surface area (Å²) in [7, 11) is 4.07. The number of halogens is 5. The Labute approximate surface area is 696 Å². The van der Waals surface area contributed by atoms with Crippen molar-refractivity contribution in [3.8, 4) is 80.6 Å². The van der Waals surface area contributed by atoms with Crippen LogP contribution in [-0.2, 0) is 38.4 Å². The quantitative estimate of drug-likeness (QED) is 0.0710. The number of morpholine rings is 1. The second-order valence-corrected chi connectivity index (χ2v) is 31.0. The summed E-state index contributed by atoms with van der Waals surface area (Å²) in [5.41, 5.74) is 17.9. The van der Waals surface area contributed by atoms with Gasteiger partial charge in [0.25, 0.3) is 5.91 Å². The second kappa shape index (κ2) is 37.8. The van der Waals surface area contributed by atoms with Crippen LogP contribution in [0.15, 0.2) is 150 Å². The molecule has 5 fully saturated rings. The predicted molar refractivity (Wildman–Crippen MR) is 442 cm³/mol. The molecular weight excluding hydrogens is 1560 g/mol. The van der Waals surface area contributed by atoms with E-state index in [-0.39, 0.29) is 43.2 Å². The molecule has 0 aliphatic carbocycles. The van der Waals surface area contributed by atoms with Crippen molar-refractivity contribution in [1.29, 1.82) is 15.8 Å². The molecule has 17 rings (SSSR count). The first kappa shape index (κ1) is 83.5. The van der Waals surface area contributed by atoms with Crippen molar-refractivity contribution in [2.75, 3.05) is 111 Å². The fourth-order valence-corrected chi connectivity index (χ4v) is 16.1. The highest BCUT2D eigenvalue weighted by atomic mass is 19.4. The minimum atomic E-state index is -4.17. The number of anilines is 1. The number of nitriles is 3. The molecule has 0 unspecified atom stereocenters. The van der Waals surface area contributed by atoms with E-state index in [1.54, 1.807) is 29.2 Å². The molecule has 5 saturated heterocycles. The van der Waals surface area contributed by atoms with E-state index in [0.29, 0.717) is 165 Å². The van der Waals surface area contributed by atoms with E-state index in [0.717, 1.165) is 124 Å². The fourth-order valence-electron chi connectivity index (χ4n) is 16.1. The lowest BCUT2D eigenvalue weighted by molar-refractivity contribution is -0.148. The predicted octanol–water partition coefficient (Wildman–Crippen LogP) is 13.4. The third-order valence-electron chi connectivity index (χ3n) is 22.5. The van der Waals surface area contributed by atoms with Crippen LogP contribution in [0.2, 0.25) is 0 Å². The number of alkyl halides is 5. The molecule has 2 N–H and O–H groups in total. The highest BCUT2D eigenvalue weighted by Gasteiger charge is 2.35. The van der Waals surface area contributed by atoms with E-state index in [1.807, 2.05) is 75.6 Å². The molecule has 7 aliphatic heterocycles. The van der Waals surface area contributed by atoms with Crippen LogP contribution in [0, 0.1) is 40.9 Å². The minimum absolute atomic E-state index is 0.0597. The number of H-pyrrole nitrogens is 1. The summed E-state index contributed by atoms with van der Waals surface area (Å²) in [5, 5.41) is 38.7. The monoisotopic (exact) mass is 1640 g/mol. The Hall–Kier alpha value is -12.6. The molecule has 622 valence electrons. The first-order valence-electron chi connectivity index (χ1n) is 40.5. The molecule has 6 aromatic carbocycles. The number of aryl methyl sites for hydroxylation is 1. The van der Waals surface area contributed by atoms with Crippen molar-refractivity contribution in [1.82, 2.24) is 59.5 Å². The van der Waals surface area contributed by atoms with Crippen LogP contribution in [0.5, 0.6) is 17.2 Å². The number of likely N-dealkylation sites (tertiary alicyclic amines) is 3. The van der Waals surface area contributed by atoms with Crippen molar-refractivity contribution in [3.63, 3.8) is 0 Å². The normalized spacial score (nSPS) is 16.7. The Morgan fingerprint density at radius 1 is 0.562 bits per heavy atom. The maximum atomic E-state index is 12.7. The number of benzene rings is 6. The average molecular weight is 1650 g/mol. The maximum Gasteiger partial charge on any atom is 0.401 e. The number of hydrogen-bond donors (Lipinski definition) is 2. The molecule has 0 bridgehead atoms. The van der Waals surface area contributed by atoms with Crippen LogP contribution in [0.4, 0.5) is 39.0 Å². The Bertz CT molecular complexity index is 5600. The summed E-state index contributed by atoms with van der Waals surface area (Å²) in [4.78, 5) is 77.1. The number of fused-ring (bicyclic) bond motifs is 3. The van der Waals surface area contributed by atoms with Crippen molar-refractivity contribution >= 4 is 51.5 Å². The summed E-state index contributed by atoms with van der Waals surface area (Å²) in [6.07, 6.45) is 1.69. The summed E-state index contributed by atoms with van der Waals surface area (Å²) >= 11 is 0. The Morgan fingerprint density at radius 2 is 1.03 bits per heavy atom. The topological polar surface area (TPSA) is 319 Å². The van der Waals surface area contributed by atoms with E-state index < -0.39 is 31.7 Å². The standard InChI is InChI=1S/C33H33F3N6O3.C29H28F2N6O2.C28H28N6O3/c34-33(35,36)19-41-11-7-22(8-12-41)21-1-3-23(4-2-21)27-16-28-32(40-27)31(39-20-38-28)24-5-6-29(25(15-24)17-37)45-26-9-13-42(14-10-26)30(44)18-43;1-36(2)16-18-3-5-19(6-4-18)23-14-24-27(35-23)26(34-17-33-24)20-7-8-25(21(13-20)15-32)39-22-9-11-37(12-10-22)29(38)28(30)31;1-18-30-25(20-4-7-24(21(16-20)17-29)37-23-8-12-35-13-9-23)26-28(31-18)33-27(32-26)19-2-5-22(6-3-19)34-10-14-36-15-11-34/h1-6,15,20,22,26,43H,7-14,16,18-19H2;3-8,13,17,22,28H,9-12,14,16H2,1-2H3;2-7,16,23H,8-15H2,1H3,(H,30,31,32,33). The number of hydrogen-bond acceptors (Lipinski definition) is 23. The molecule has 7 aliphatic rings. The molecule has 10 aromatic rings. The highest BCUT2D eigenvalue weighted by molar-refractivity contribution is 6.08. The van der Waals surface area contributed by atoms with Crippen molar-refractivity contribution in [3.05, 3.63) is 196 Å². The molecule has 11 heterocycles. The largest absolute Gasteiger partial charge is 0.489 e. The molecule has 0 atom stereocenters. The van der Waals surface area contributed by atoms with Gasteiger partial charge in [-0.1, -0.05) is 48.5 Å². The zero-order chi connectivity index (χ0) is 84.3. The summed E-state index contributed by atoms with van der Waals surface area (Å²) in [6, 6.07) is 47.8. The van der Waals surface area contributed by atoms with E-state index in [2.05, 4.69) is 106 Å². The molecule has 2 amide bonds. The van der Waals surface area contributed by atoms with Crippen molar-refractivity contribution in [2.24, 2.45) is 9.98 Å². The van der Waals surface area contributed by atoms with Gasteiger partial charge in [0.05, 0.1) is 89.6 Å². The molecule has 26 nitrogen and oxygen atoms in total. The van der Waals surface area contributed by atoms with E-state index in [4.69, 9.17) is 48.7 Å². The second-order valence-electron chi connectivity index (χ2n) is 31.0. The number of nitrogens with one attached hydrogen (secondary N) is 1. The highest BCUT2D eigenvalue weighted by Crippen LogP contribution is 2.42. The van der Waals surface area contributed by atoms with Gasteiger partial charge in [0, 0.05) is 125 Å². The van der Waals surface area contributed by atoms with Gasteiger partial charge in [0.15, 0.2) is 5.65 Å². The number of carbonyl (C=O) groups excluding carboxylic acids is 2. The van der Waals surface area contributed by atoms with Gasteiger partial charge in [-0.2, -0.15) is 37.7 Å². The molecule has 4 aromatic heterocycles. The van der Waals surface area contributed by atoms with Crippen LogP contribution < -0.4 is 19.1 Å². The van der Waals surface area contributed by atoms with Gasteiger partial charge in [-0.15, -0.1) is 0 Å². The number of nitrogens with zero attached hydrogens (tertiary/aromatic N) is 17. The molecule has 121 heavy (non-hydrogen) atoms. The van der Waals surface area contributed by atoms with Gasteiger partial charge < -0.3 is 53.4 Å². The number of aliphatic hydroxyl groups is 1. The first-order valence-corrected chi connectivity index (χ1v) is 40.5. The van der Waals surface area contributed by atoms with Gasteiger partial charge in [-0.3, -0.25) is 14.5 Å². The third kappa shape index (κ3) is 20.2. The van der Waals surface area contributed by atoms with Gasteiger partial charge in [-0.05, 0) is 154 Å². The molecule has 0 radical (unpaired) electrons. The smallest absolute Gasteiger partial charge is 0.401 e. The van der Waals surface area contributed by atoms with Crippen molar-refractivity contribution in [2.45, 2.75) is 115 Å². The van der Waals surface area contributed by atoms with Gasteiger partial charge in [0.1, 0.15) is 102 Å². The Balaban J connectivity index is 0.000000142. The first-order chi connectivity index (χ1) is 58.7. The van der Waals surface area contributed by atoms with Crippen molar-refractivity contribution < 1.29 is 60.3 Å². The Morgan fingerprint density at radius 3 is 1.52 bits per heavy atom. The Kier molecular flexibility index (Phi) is 26.1. The third-order valence-corrected chi connectivity index (χ3v) is 22.5. The lowest BCUT2D eigenvalue weighted by Crippen LogP contribution is -2.44. The number of carbonyl (C=O) groups is 2. The number of amides is 2. The van der Waals surface area contributed by atoms with E-state index in [9.17, 15) is 47.3 Å². The number of aliphatic hydroxyl groups excluding tert-OH is 1. The minimum Gasteiger partial charge on any atom is -0.489 e. The number of rotatable bonds is 19. The summed E-state index contributed by atoms with van der Waals surface area (Å²) < 4.78 is 92.8. The lowest BCUT2D eigenvalue weighted by Gasteiger charge is -2.32. The fraction of sp³-hybridized carbons (Fsp3) is 0.378. The van der Waals surface area contributed by atoms with E-state index >= 15 is 0 Å². The molecule has 0 spiro atoms. The van der Waals surface area contributed by atoms with Crippen LogP contribution in [-0.4, -0.2) is 225 Å². The molecule has 0 saturated carbocycles. The molecule has 31 heteroatoms.